The summed E-state index contributed by atoms with van der Waals surface area (Å²) in [5.74, 6) is 0.621. The van der Waals surface area contributed by atoms with E-state index in [1.54, 1.807) is 30.3 Å². The minimum atomic E-state index is -0.461. The van der Waals surface area contributed by atoms with Crippen molar-refractivity contribution < 1.29 is 14.1 Å². The predicted octanol–water partition coefficient (Wildman–Crippen LogP) is 6.00. The molecule has 0 fully saturated rings. The minimum absolute atomic E-state index is 0.00181. The fraction of sp³-hybridized carbons (Fsp3) is 0.0455. The number of rotatable bonds is 6. The number of nitro groups is 1. The number of amides is 1. The molecular formula is C22H15ClN4O4S. The zero-order valence-electron chi connectivity index (χ0n) is 16.6. The molecule has 0 aliphatic rings. The van der Waals surface area contributed by atoms with Crippen molar-refractivity contribution in [3.63, 3.8) is 0 Å². The molecule has 1 N–H and O–H groups in total. The zero-order chi connectivity index (χ0) is 22.7. The van der Waals surface area contributed by atoms with Gasteiger partial charge in [-0.05, 0) is 43.3 Å². The van der Waals surface area contributed by atoms with Gasteiger partial charge in [-0.1, -0.05) is 40.6 Å². The van der Waals surface area contributed by atoms with E-state index >= 15 is 0 Å². The number of nitrogens with one attached hydrogen (secondary N) is 1. The van der Waals surface area contributed by atoms with E-state index < -0.39 is 4.92 Å². The second-order valence-corrected chi connectivity index (χ2v) is 8.12. The number of hydrogen-bond acceptors (Lipinski definition) is 7. The number of non-ortho nitro benzene ring substituents is 1. The normalized spacial score (nSPS) is 11.4. The van der Waals surface area contributed by atoms with Gasteiger partial charge in [0.1, 0.15) is 11.5 Å². The molecule has 1 amide bonds. The summed E-state index contributed by atoms with van der Waals surface area (Å²) in [7, 11) is 0. The number of halogens is 1. The van der Waals surface area contributed by atoms with Crippen LogP contribution in [0.3, 0.4) is 0 Å². The molecule has 2 aromatic heterocycles. The Labute approximate surface area is 191 Å². The Morgan fingerprint density at radius 2 is 1.75 bits per heavy atom. The molecule has 0 spiro atoms. The van der Waals surface area contributed by atoms with Crippen LogP contribution in [0.2, 0.25) is 0 Å². The molecule has 4 rings (SSSR count). The van der Waals surface area contributed by atoms with Gasteiger partial charge < -0.3 is 9.73 Å². The van der Waals surface area contributed by atoms with E-state index in [0.717, 1.165) is 16.9 Å². The molecule has 160 valence electrons. The molecule has 4 aromatic rings. The molecular weight excluding hydrogens is 452 g/mol. The first-order valence-corrected chi connectivity index (χ1v) is 10.5. The molecule has 0 saturated heterocycles. The monoisotopic (exact) mass is 466 g/mol. The van der Waals surface area contributed by atoms with Gasteiger partial charge in [0, 0.05) is 29.5 Å². The van der Waals surface area contributed by atoms with E-state index in [4.69, 9.17) is 16.0 Å². The maximum Gasteiger partial charge on any atom is 0.286 e. The molecule has 0 atom stereocenters. The van der Waals surface area contributed by atoms with Gasteiger partial charge in [0.05, 0.1) is 9.96 Å². The minimum Gasteiger partial charge on any atom is -0.457 e. The Morgan fingerprint density at radius 1 is 1.06 bits per heavy atom. The van der Waals surface area contributed by atoms with Crippen molar-refractivity contribution in [1.29, 1.82) is 0 Å². The van der Waals surface area contributed by atoms with Crippen molar-refractivity contribution in [3.05, 3.63) is 92.1 Å². The van der Waals surface area contributed by atoms with Crippen LogP contribution < -0.4 is 5.32 Å². The highest BCUT2D eigenvalue weighted by Crippen LogP contribution is 2.29. The summed E-state index contributed by atoms with van der Waals surface area (Å²) < 4.78 is 5.75. The van der Waals surface area contributed by atoms with E-state index in [2.05, 4.69) is 15.5 Å². The number of anilines is 1. The van der Waals surface area contributed by atoms with Gasteiger partial charge in [0.25, 0.3) is 11.6 Å². The highest BCUT2D eigenvalue weighted by Gasteiger charge is 2.15. The van der Waals surface area contributed by atoms with Crippen LogP contribution in [0.4, 0.5) is 11.4 Å². The average molecular weight is 467 g/mol. The SMILES string of the molecule is Cc1ccc(NC(=O)c2nnc(/C(Cl)=C/c3ccc(-c4ccc([N+](=O)[O-])cc4)o3)s2)cc1. The lowest BCUT2D eigenvalue weighted by Crippen LogP contribution is -2.11. The third-order valence-electron chi connectivity index (χ3n) is 4.39. The number of nitrogens with zero attached hydrogens (tertiary/aromatic N) is 3. The molecule has 32 heavy (non-hydrogen) atoms. The predicted molar refractivity (Wildman–Crippen MR) is 124 cm³/mol. The van der Waals surface area contributed by atoms with Crippen molar-refractivity contribution in [2.24, 2.45) is 0 Å². The van der Waals surface area contributed by atoms with Crippen LogP contribution in [-0.2, 0) is 0 Å². The highest BCUT2D eigenvalue weighted by molar-refractivity contribution is 7.15. The van der Waals surface area contributed by atoms with Gasteiger partial charge in [-0.25, -0.2) is 0 Å². The lowest BCUT2D eigenvalue weighted by atomic mass is 10.1. The zero-order valence-corrected chi connectivity index (χ0v) is 18.2. The fourth-order valence-electron chi connectivity index (χ4n) is 2.75. The maximum atomic E-state index is 12.4. The second kappa shape index (κ2) is 9.13. The van der Waals surface area contributed by atoms with E-state index in [1.165, 1.54) is 12.1 Å². The van der Waals surface area contributed by atoms with Gasteiger partial charge in [0.2, 0.25) is 5.01 Å². The summed E-state index contributed by atoms with van der Waals surface area (Å²) in [5.41, 5.74) is 2.44. The highest BCUT2D eigenvalue weighted by atomic mass is 35.5. The summed E-state index contributed by atoms with van der Waals surface area (Å²) in [4.78, 5) is 22.7. The van der Waals surface area contributed by atoms with Crippen LogP contribution >= 0.6 is 22.9 Å². The largest absolute Gasteiger partial charge is 0.457 e. The van der Waals surface area contributed by atoms with E-state index in [0.29, 0.717) is 27.8 Å². The summed E-state index contributed by atoms with van der Waals surface area (Å²) in [6.45, 7) is 1.96. The Bertz CT molecular complexity index is 1310. The lowest BCUT2D eigenvalue weighted by molar-refractivity contribution is -0.384. The molecule has 8 nitrogen and oxygen atoms in total. The smallest absolute Gasteiger partial charge is 0.286 e. The van der Waals surface area contributed by atoms with Crippen LogP contribution in [0.25, 0.3) is 22.4 Å². The molecule has 0 aliphatic heterocycles. The molecule has 0 radical (unpaired) electrons. The number of aryl methyl sites for hydroxylation is 1. The second-order valence-electron chi connectivity index (χ2n) is 6.73. The van der Waals surface area contributed by atoms with Crippen molar-refractivity contribution in [2.45, 2.75) is 6.92 Å². The van der Waals surface area contributed by atoms with Crippen molar-refractivity contribution in [3.8, 4) is 11.3 Å². The first-order valence-electron chi connectivity index (χ1n) is 9.33. The van der Waals surface area contributed by atoms with Gasteiger partial charge >= 0.3 is 0 Å². The van der Waals surface area contributed by atoms with Gasteiger partial charge in [-0.15, -0.1) is 10.2 Å². The quantitative estimate of drug-likeness (QED) is 0.275. The molecule has 2 heterocycles. The molecule has 0 aliphatic carbocycles. The number of carbonyl (C=O) groups is 1. The van der Waals surface area contributed by atoms with Crippen LogP contribution in [0.15, 0.2) is 65.1 Å². The number of carbonyl (C=O) groups excluding carboxylic acids is 1. The number of furan rings is 1. The first kappa shape index (κ1) is 21.4. The van der Waals surface area contributed by atoms with Crippen LogP contribution in [-0.4, -0.2) is 21.0 Å². The summed E-state index contributed by atoms with van der Waals surface area (Å²) in [6, 6.07) is 16.9. The molecule has 10 heteroatoms. The molecule has 0 unspecified atom stereocenters. The van der Waals surface area contributed by atoms with Gasteiger partial charge in [-0.3, -0.25) is 14.9 Å². The van der Waals surface area contributed by atoms with Gasteiger partial charge in [-0.2, -0.15) is 0 Å². The molecule has 0 bridgehead atoms. The van der Waals surface area contributed by atoms with E-state index in [9.17, 15) is 14.9 Å². The Morgan fingerprint density at radius 3 is 2.44 bits per heavy atom. The van der Waals surface area contributed by atoms with E-state index in [-0.39, 0.29) is 21.6 Å². The number of aromatic nitrogens is 2. The van der Waals surface area contributed by atoms with Crippen molar-refractivity contribution in [1.82, 2.24) is 10.2 Å². The summed E-state index contributed by atoms with van der Waals surface area (Å²) in [5, 5.41) is 22.3. The Hall–Kier alpha value is -3.82. The summed E-state index contributed by atoms with van der Waals surface area (Å²) >= 11 is 7.41. The number of nitro benzene ring substituents is 1. The van der Waals surface area contributed by atoms with Crippen molar-refractivity contribution in [2.75, 3.05) is 5.32 Å². The molecule has 2 aromatic carbocycles. The van der Waals surface area contributed by atoms with Gasteiger partial charge in [0.15, 0.2) is 5.01 Å². The average Bonchev–Trinajstić information content (AvgIpc) is 3.45. The third-order valence-corrected chi connectivity index (χ3v) is 5.75. The Balaban J connectivity index is 1.46. The number of hydrogen-bond donors (Lipinski definition) is 1. The van der Waals surface area contributed by atoms with Crippen LogP contribution in [0.1, 0.15) is 26.1 Å². The lowest BCUT2D eigenvalue weighted by Gasteiger charge is -2.02. The van der Waals surface area contributed by atoms with Crippen LogP contribution in [0, 0.1) is 17.0 Å². The number of benzene rings is 2. The topological polar surface area (TPSA) is 111 Å². The maximum absolute atomic E-state index is 12.4. The van der Waals surface area contributed by atoms with E-state index in [1.807, 2.05) is 31.2 Å². The third kappa shape index (κ3) is 4.90. The first-order chi connectivity index (χ1) is 15.4. The van der Waals surface area contributed by atoms with Crippen LogP contribution in [0.5, 0.6) is 0 Å². The fourth-order valence-corrected chi connectivity index (χ4v) is 3.66. The molecule has 0 saturated carbocycles. The van der Waals surface area contributed by atoms with Crippen molar-refractivity contribution >= 4 is 51.3 Å². The standard InChI is InChI=1S/C22H15ClN4O4S/c1-13-2-6-15(7-3-13)24-20(28)22-26-25-21(32-22)18(23)12-17-10-11-19(31-17)14-4-8-16(9-5-14)27(29)30/h2-12H,1H3,(H,24,28)/b18-12-. The Kier molecular flexibility index (Phi) is 6.11. The summed E-state index contributed by atoms with van der Waals surface area (Å²) in [6.07, 6.45) is 1.57.